The van der Waals surface area contributed by atoms with Gasteiger partial charge in [-0.1, -0.05) is 0 Å². The van der Waals surface area contributed by atoms with Gasteiger partial charge in [-0.3, -0.25) is 4.79 Å². The fraction of sp³-hybridized carbons (Fsp3) is 0.462. The summed E-state index contributed by atoms with van der Waals surface area (Å²) in [5.41, 5.74) is 0.531. The quantitative estimate of drug-likeness (QED) is 0.861. The van der Waals surface area contributed by atoms with Gasteiger partial charge in [0, 0.05) is 25.8 Å². The van der Waals surface area contributed by atoms with Gasteiger partial charge in [0.25, 0.3) is 5.91 Å². The van der Waals surface area contributed by atoms with E-state index >= 15 is 0 Å². The van der Waals surface area contributed by atoms with Crippen molar-refractivity contribution in [3.8, 4) is 6.07 Å². The SMILES string of the molecule is CCNc1ccc(C(=O)N(C)C(C)CC#N)cn1. The summed E-state index contributed by atoms with van der Waals surface area (Å²) in [5, 5.41) is 11.7. The smallest absolute Gasteiger partial charge is 0.255 e. The molecule has 1 N–H and O–H groups in total. The first-order valence-corrected chi connectivity index (χ1v) is 5.94. The van der Waals surface area contributed by atoms with Crippen LogP contribution in [0.15, 0.2) is 18.3 Å². The van der Waals surface area contributed by atoms with E-state index in [1.807, 2.05) is 13.8 Å². The molecular weight excluding hydrogens is 228 g/mol. The normalized spacial score (nSPS) is 11.4. The van der Waals surface area contributed by atoms with Crippen molar-refractivity contribution in [3.63, 3.8) is 0 Å². The molecule has 1 unspecified atom stereocenters. The largest absolute Gasteiger partial charge is 0.370 e. The topological polar surface area (TPSA) is 69.0 Å². The molecule has 96 valence electrons. The maximum absolute atomic E-state index is 12.1. The molecule has 1 heterocycles. The molecule has 5 nitrogen and oxygen atoms in total. The number of aromatic nitrogens is 1. The Morgan fingerprint density at radius 3 is 2.83 bits per heavy atom. The van der Waals surface area contributed by atoms with Crippen molar-refractivity contribution in [1.82, 2.24) is 9.88 Å². The first-order valence-electron chi connectivity index (χ1n) is 5.94. The molecular formula is C13H18N4O. The van der Waals surface area contributed by atoms with Crippen molar-refractivity contribution in [2.75, 3.05) is 18.9 Å². The Labute approximate surface area is 107 Å². The summed E-state index contributed by atoms with van der Waals surface area (Å²) in [7, 11) is 1.70. The number of rotatable bonds is 5. The van der Waals surface area contributed by atoms with Crippen molar-refractivity contribution in [2.45, 2.75) is 26.3 Å². The molecule has 1 aromatic heterocycles. The summed E-state index contributed by atoms with van der Waals surface area (Å²) >= 11 is 0. The summed E-state index contributed by atoms with van der Waals surface area (Å²) in [6.07, 6.45) is 1.88. The van der Waals surface area contributed by atoms with Crippen LogP contribution in [0, 0.1) is 11.3 Å². The van der Waals surface area contributed by atoms with E-state index in [1.54, 1.807) is 30.3 Å². The van der Waals surface area contributed by atoms with E-state index in [9.17, 15) is 4.79 Å². The number of amides is 1. The summed E-state index contributed by atoms with van der Waals surface area (Å²) in [5.74, 6) is 0.634. The lowest BCUT2D eigenvalue weighted by molar-refractivity contribution is 0.0746. The highest BCUT2D eigenvalue weighted by Gasteiger charge is 2.17. The van der Waals surface area contributed by atoms with Crippen LogP contribution in [0.25, 0.3) is 0 Å². The van der Waals surface area contributed by atoms with Crippen LogP contribution in [-0.2, 0) is 0 Å². The number of carbonyl (C=O) groups is 1. The Morgan fingerprint density at radius 1 is 1.61 bits per heavy atom. The average molecular weight is 246 g/mol. The van der Waals surface area contributed by atoms with E-state index in [-0.39, 0.29) is 11.9 Å². The predicted octanol–water partition coefficient (Wildman–Crippen LogP) is 1.89. The number of carbonyl (C=O) groups excluding carboxylic acids is 1. The molecule has 1 atom stereocenters. The van der Waals surface area contributed by atoms with Crippen molar-refractivity contribution in [1.29, 1.82) is 5.26 Å². The van der Waals surface area contributed by atoms with E-state index in [4.69, 9.17) is 5.26 Å². The van der Waals surface area contributed by atoms with Gasteiger partial charge >= 0.3 is 0 Å². The number of hydrogen-bond acceptors (Lipinski definition) is 4. The van der Waals surface area contributed by atoms with Gasteiger partial charge in [-0.05, 0) is 26.0 Å². The first-order chi connectivity index (χ1) is 8.60. The molecule has 0 bridgehead atoms. The predicted molar refractivity (Wildman–Crippen MR) is 70.2 cm³/mol. The summed E-state index contributed by atoms with van der Waals surface area (Å²) in [6, 6.07) is 5.48. The maximum atomic E-state index is 12.1. The van der Waals surface area contributed by atoms with Gasteiger partial charge < -0.3 is 10.2 Å². The highest BCUT2D eigenvalue weighted by atomic mass is 16.2. The Bertz CT molecular complexity index is 435. The third-order valence-corrected chi connectivity index (χ3v) is 2.74. The van der Waals surface area contributed by atoms with Crippen LogP contribution in [0.3, 0.4) is 0 Å². The average Bonchev–Trinajstić information content (AvgIpc) is 2.38. The molecule has 0 aliphatic rings. The van der Waals surface area contributed by atoms with Crippen LogP contribution in [0.2, 0.25) is 0 Å². The second-order valence-corrected chi connectivity index (χ2v) is 4.09. The molecule has 0 fully saturated rings. The lowest BCUT2D eigenvalue weighted by Gasteiger charge is -2.22. The Hall–Kier alpha value is -2.09. The van der Waals surface area contributed by atoms with Crippen LogP contribution in [0.1, 0.15) is 30.6 Å². The number of anilines is 1. The van der Waals surface area contributed by atoms with Gasteiger partial charge in [0.2, 0.25) is 0 Å². The van der Waals surface area contributed by atoms with Crippen molar-refractivity contribution < 1.29 is 4.79 Å². The third kappa shape index (κ3) is 3.45. The molecule has 18 heavy (non-hydrogen) atoms. The van der Waals surface area contributed by atoms with Gasteiger partial charge in [-0.25, -0.2) is 4.98 Å². The minimum Gasteiger partial charge on any atom is -0.370 e. The van der Waals surface area contributed by atoms with Gasteiger partial charge in [0.1, 0.15) is 5.82 Å². The zero-order chi connectivity index (χ0) is 13.5. The van der Waals surface area contributed by atoms with Gasteiger partial charge in [0.15, 0.2) is 0 Å². The minimum atomic E-state index is -0.117. The number of nitrogens with one attached hydrogen (secondary N) is 1. The number of nitriles is 1. The van der Waals surface area contributed by atoms with Crippen molar-refractivity contribution >= 4 is 11.7 Å². The maximum Gasteiger partial charge on any atom is 0.255 e. The van der Waals surface area contributed by atoms with E-state index in [2.05, 4.69) is 16.4 Å². The molecule has 1 aromatic rings. The molecule has 0 aliphatic heterocycles. The lowest BCUT2D eigenvalue weighted by Crippen LogP contribution is -2.34. The lowest BCUT2D eigenvalue weighted by atomic mass is 10.2. The van der Waals surface area contributed by atoms with Gasteiger partial charge in [-0.2, -0.15) is 5.26 Å². The third-order valence-electron chi connectivity index (χ3n) is 2.74. The summed E-state index contributed by atoms with van der Waals surface area (Å²) in [4.78, 5) is 17.8. The minimum absolute atomic E-state index is 0.101. The highest BCUT2D eigenvalue weighted by Crippen LogP contribution is 2.10. The fourth-order valence-corrected chi connectivity index (χ4v) is 1.48. The van der Waals surface area contributed by atoms with Crippen LogP contribution in [-0.4, -0.2) is 35.4 Å². The molecule has 0 saturated carbocycles. The fourth-order valence-electron chi connectivity index (χ4n) is 1.48. The van der Waals surface area contributed by atoms with Crippen molar-refractivity contribution in [2.24, 2.45) is 0 Å². The van der Waals surface area contributed by atoms with Gasteiger partial charge in [-0.15, -0.1) is 0 Å². The molecule has 0 aromatic carbocycles. The zero-order valence-electron chi connectivity index (χ0n) is 11.0. The molecule has 1 rings (SSSR count). The second kappa shape index (κ2) is 6.60. The Morgan fingerprint density at radius 2 is 2.33 bits per heavy atom. The summed E-state index contributed by atoms with van der Waals surface area (Å²) < 4.78 is 0. The number of pyridine rings is 1. The standard InChI is InChI=1S/C13H18N4O/c1-4-15-12-6-5-11(9-16-12)13(18)17(3)10(2)7-8-14/h5-6,9-10H,4,7H2,1-3H3,(H,15,16). The Kier molecular flexibility index (Phi) is 5.12. The molecule has 0 spiro atoms. The second-order valence-electron chi connectivity index (χ2n) is 4.09. The van der Waals surface area contributed by atoms with Crippen LogP contribution >= 0.6 is 0 Å². The zero-order valence-corrected chi connectivity index (χ0v) is 11.0. The Balaban J connectivity index is 2.75. The van der Waals surface area contributed by atoms with E-state index in [1.165, 1.54) is 0 Å². The molecule has 0 saturated heterocycles. The van der Waals surface area contributed by atoms with E-state index in [0.29, 0.717) is 12.0 Å². The first kappa shape index (κ1) is 14.0. The molecule has 0 radical (unpaired) electrons. The van der Waals surface area contributed by atoms with Crippen LogP contribution in [0.4, 0.5) is 5.82 Å². The number of hydrogen-bond donors (Lipinski definition) is 1. The van der Waals surface area contributed by atoms with Crippen LogP contribution in [0.5, 0.6) is 0 Å². The highest BCUT2D eigenvalue weighted by molar-refractivity contribution is 5.94. The monoisotopic (exact) mass is 246 g/mol. The molecule has 1 amide bonds. The van der Waals surface area contributed by atoms with Crippen molar-refractivity contribution in [3.05, 3.63) is 23.9 Å². The summed E-state index contributed by atoms with van der Waals surface area (Å²) in [6.45, 7) is 4.62. The molecule has 0 aliphatic carbocycles. The molecule has 5 heteroatoms. The van der Waals surface area contributed by atoms with E-state index < -0.39 is 0 Å². The number of nitrogens with zero attached hydrogens (tertiary/aromatic N) is 3. The van der Waals surface area contributed by atoms with Crippen LogP contribution < -0.4 is 5.32 Å². The van der Waals surface area contributed by atoms with Gasteiger partial charge in [0.05, 0.1) is 18.1 Å². The van der Waals surface area contributed by atoms with E-state index in [0.717, 1.165) is 12.4 Å².